The third-order valence-electron chi connectivity index (χ3n) is 4.24. The minimum atomic E-state index is -0.996. The third-order valence-corrected chi connectivity index (χ3v) is 4.24. The van der Waals surface area contributed by atoms with E-state index in [0.29, 0.717) is 11.1 Å². The van der Waals surface area contributed by atoms with Crippen molar-refractivity contribution in [3.05, 3.63) is 71.3 Å². The number of carbonyl (C=O) groups excluding carboxylic acids is 3. The molecule has 2 rings (SSSR count). The van der Waals surface area contributed by atoms with Crippen molar-refractivity contribution in [1.29, 1.82) is 0 Å². The lowest BCUT2D eigenvalue weighted by Gasteiger charge is -2.28. The SMILES string of the molecule is CC(C)(C)OC(=O)N(Cc1ccc(C(N)=NOC(=O)OCc2ccccc2)cc1)C(=O)OC(C)(C)C. The van der Waals surface area contributed by atoms with Gasteiger partial charge >= 0.3 is 18.3 Å². The highest BCUT2D eigenvalue weighted by molar-refractivity contribution is 5.97. The number of oxime groups is 1. The fraction of sp³-hybridized carbons (Fsp3) is 0.385. The number of hydrogen-bond acceptors (Lipinski definition) is 8. The van der Waals surface area contributed by atoms with Gasteiger partial charge in [0, 0.05) is 5.56 Å². The summed E-state index contributed by atoms with van der Waals surface area (Å²) < 4.78 is 15.7. The fourth-order valence-electron chi connectivity index (χ4n) is 2.68. The summed E-state index contributed by atoms with van der Waals surface area (Å²) in [5, 5.41) is 3.60. The van der Waals surface area contributed by atoms with E-state index in [9.17, 15) is 14.4 Å². The summed E-state index contributed by atoms with van der Waals surface area (Å²) >= 11 is 0. The van der Waals surface area contributed by atoms with Gasteiger partial charge in [0.25, 0.3) is 0 Å². The fourth-order valence-corrected chi connectivity index (χ4v) is 2.68. The van der Waals surface area contributed by atoms with Crippen LogP contribution < -0.4 is 5.73 Å². The highest BCUT2D eigenvalue weighted by atomic mass is 16.8. The number of rotatable bonds is 6. The molecule has 2 aromatic rings. The smallest absolute Gasteiger partial charge is 0.443 e. The first-order valence-electron chi connectivity index (χ1n) is 11.3. The molecule has 0 aliphatic carbocycles. The van der Waals surface area contributed by atoms with Crippen LogP contribution in [0.1, 0.15) is 58.2 Å². The second-order valence-corrected chi connectivity index (χ2v) is 9.84. The van der Waals surface area contributed by atoms with Gasteiger partial charge < -0.3 is 19.9 Å². The summed E-state index contributed by atoms with van der Waals surface area (Å²) in [7, 11) is 0. The van der Waals surface area contributed by atoms with Crippen LogP contribution >= 0.6 is 0 Å². The van der Waals surface area contributed by atoms with Crippen LogP contribution in [0.25, 0.3) is 0 Å². The summed E-state index contributed by atoms with van der Waals surface area (Å²) in [5.41, 5.74) is 6.16. The van der Waals surface area contributed by atoms with Gasteiger partial charge in [-0.15, -0.1) is 0 Å². The zero-order valence-electron chi connectivity index (χ0n) is 21.4. The number of imide groups is 1. The van der Waals surface area contributed by atoms with Crippen LogP contribution in [0.3, 0.4) is 0 Å². The Morgan fingerprint density at radius 3 is 1.83 bits per heavy atom. The quantitative estimate of drug-likeness (QED) is 0.141. The van der Waals surface area contributed by atoms with Crippen LogP contribution in [0.4, 0.5) is 14.4 Å². The summed E-state index contributed by atoms with van der Waals surface area (Å²) in [6.07, 6.45) is -2.66. The van der Waals surface area contributed by atoms with Crippen molar-refractivity contribution in [2.24, 2.45) is 10.9 Å². The predicted molar refractivity (Wildman–Crippen MR) is 133 cm³/mol. The molecule has 2 aromatic carbocycles. The van der Waals surface area contributed by atoms with E-state index >= 15 is 0 Å². The third kappa shape index (κ3) is 10.0. The Balaban J connectivity index is 2.03. The molecule has 0 bridgehead atoms. The van der Waals surface area contributed by atoms with Crippen molar-refractivity contribution in [2.75, 3.05) is 0 Å². The molecule has 36 heavy (non-hydrogen) atoms. The number of benzene rings is 2. The normalized spacial score (nSPS) is 11.9. The Morgan fingerprint density at radius 2 is 1.33 bits per heavy atom. The van der Waals surface area contributed by atoms with Crippen molar-refractivity contribution in [2.45, 2.75) is 65.9 Å². The standard InChI is InChI=1S/C26H33N3O7/c1-25(2,3)34-22(30)29(23(31)35-26(4,5)6)16-18-12-14-20(15-13-18)21(27)28-36-24(32)33-17-19-10-8-7-9-11-19/h7-15H,16-17H2,1-6H3,(H2,27,28). The molecule has 0 saturated heterocycles. The molecule has 0 heterocycles. The first kappa shape index (κ1) is 28.2. The van der Waals surface area contributed by atoms with E-state index in [0.717, 1.165) is 10.5 Å². The van der Waals surface area contributed by atoms with E-state index in [1.165, 1.54) is 0 Å². The van der Waals surface area contributed by atoms with E-state index in [4.69, 9.17) is 24.8 Å². The van der Waals surface area contributed by atoms with Gasteiger partial charge in [0.2, 0.25) is 0 Å². The molecule has 0 aromatic heterocycles. The Labute approximate surface area is 210 Å². The van der Waals surface area contributed by atoms with Crippen molar-refractivity contribution >= 4 is 24.2 Å². The molecule has 0 atom stereocenters. The Bertz CT molecular complexity index is 1040. The maximum absolute atomic E-state index is 12.7. The van der Waals surface area contributed by atoms with Crippen molar-refractivity contribution in [1.82, 2.24) is 4.90 Å². The predicted octanol–water partition coefficient (Wildman–Crippen LogP) is 5.33. The van der Waals surface area contributed by atoms with Crippen molar-refractivity contribution in [3.63, 3.8) is 0 Å². The largest absolute Gasteiger partial charge is 0.535 e. The van der Waals surface area contributed by atoms with E-state index in [2.05, 4.69) is 5.16 Å². The molecule has 0 radical (unpaired) electrons. The lowest BCUT2D eigenvalue weighted by molar-refractivity contribution is -0.000279. The van der Waals surface area contributed by atoms with Gasteiger partial charge in [0.15, 0.2) is 5.84 Å². The minimum absolute atomic E-state index is 0.0373. The number of carbonyl (C=O) groups is 3. The second-order valence-electron chi connectivity index (χ2n) is 9.84. The number of hydrogen-bond donors (Lipinski definition) is 1. The van der Waals surface area contributed by atoms with Crippen molar-refractivity contribution < 1.29 is 33.4 Å². The Kier molecular flexibility index (Phi) is 9.43. The molecule has 0 unspecified atom stereocenters. The average molecular weight is 500 g/mol. The zero-order chi connectivity index (χ0) is 26.9. The van der Waals surface area contributed by atoms with Gasteiger partial charge in [0.05, 0.1) is 6.54 Å². The molecule has 0 spiro atoms. The Morgan fingerprint density at radius 1 is 0.806 bits per heavy atom. The molecule has 0 aliphatic heterocycles. The number of nitrogens with two attached hydrogens (primary N) is 1. The van der Waals surface area contributed by atoms with E-state index < -0.39 is 29.5 Å². The lowest BCUT2D eigenvalue weighted by atomic mass is 10.1. The first-order valence-corrected chi connectivity index (χ1v) is 11.3. The molecule has 10 nitrogen and oxygen atoms in total. The topological polar surface area (TPSA) is 130 Å². The van der Waals surface area contributed by atoms with Gasteiger partial charge in [-0.25, -0.2) is 19.3 Å². The zero-order valence-corrected chi connectivity index (χ0v) is 21.4. The van der Waals surface area contributed by atoms with Gasteiger partial charge in [-0.2, -0.15) is 0 Å². The molecule has 194 valence electrons. The Hall–Kier alpha value is -4.08. The number of amidine groups is 1. The van der Waals surface area contributed by atoms with Gasteiger partial charge in [0.1, 0.15) is 17.8 Å². The number of nitrogens with zero attached hydrogens (tertiary/aromatic N) is 2. The van der Waals surface area contributed by atoms with E-state index in [1.54, 1.807) is 77.9 Å². The van der Waals surface area contributed by atoms with Gasteiger partial charge in [-0.3, -0.25) is 4.84 Å². The van der Waals surface area contributed by atoms with Gasteiger partial charge in [-0.05, 0) is 52.7 Å². The summed E-state index contributed by atoms with van der Waals surface area (Å²) in [5.74, 6) is -0.0608. The maximum Gasteiger partial charge on any atom is 0.535 e. The van der Waals surface area contributed by atoms with Crippen LogP contribution in [0.15, 0.2) is 59.8 Å². The van der Waals surface area contributed by atoms with Crippen LogP contribution in [0.2, 0.25) is 0 Å². The van der Waals surface area contributed by atoms with Crippen LogP contribution in [-0.4, -0.2) is 40.3 Å². The molecule has 10 heteroatoms. The van der Waals surface area contributed by atoms with E-state index in [1.807, 2.05) is 18.2 Å². The minimum Gasteiger partial charge on any atom is -0.443 e. The highest BCUT2D eigenvalue weighted by Gasteiger charge is 2.31. The lowest BCUT2D eigenvalue weighted by Crippen LogP contribution is -2.43. The maximum atomic E-state index is 12.7. The number of ether oxygens (including phenoxy) is 3. The van der Waals surface area contributed by atoms with Crippen LogP contribution in [-0.2, 0) is 32.2 Å². The second kappa shape index (κ2) is 12.1. The van der Waals surface area contributed by atoms with E-state index in [-0.39, 0.29) is 19.0 Å². The molecule has 2 amide bonds. The summed E-state index contributed by atoms with van der Waals surface area (Å²) in [6.45, 7) is 10.2. The van der Waals surface area contributed by atoms with Gasteiger partial charge in [-0.1, -0.05) is 59.8 Å². The molecule has 0 fully saturated rings. The van der Waals surface area contributed by atoms with Crippen LogP contribution in [0, 0.1) is 0 Å². The molecule has 0 aliphatic rings. The molecular weight excluding hydrogens is 466 g/mol. The molecular formula is C26H33N3O7. The first-order chi connectivity index (χ1) is 16.7. The number of amides is 2. The highest BCUT2D eigenvalue weighted by Crippen LogP contribution is 2.17. The average Bonchev–Trinajstić information content (AvgIpc) is 2.78. The van der Waals surface area contributed by atoms with Crippen LogP contribution in [0.5, 0.6) is 0 Å². The monoisotopic (exact) mass is 499 g/mol. The summed E-state index contributed by atoms with van der Waals surface area (Å²) in [4.78, 5) is 42.7. The molecule has 0 saturated carbocycles. The molecule has 2 N–H and O–H groups in total. The summed E-state index contributed by atoms with van der Waals surface area (Å²) in [6, 6.07) is 15.6. The van der Waals surface area contributed by atoms with Crippen molar-refractivity contribution in [3.8, 4) is 0 Å².